The first kappa shape index (κ1) is 17.7. The van der Waals surface area contributed by atoms with Crippen LogP contribution in [0.25, 0.3) is 21.9 Å². The average Bonchev–Trinajstić information content (AvgIpc) is 3.03. The molecule has 0 unspecified atom stereocenters. The van der Waals surface area contributed by atoms with Crippen LogP contribution in [-0.4, -0.2) is 25.4 Å². The summed E-state index contributed by atoms with van der Waals surface area (Å²) >= 11 is 0. The molecule has 2 aromatic heterocycles. The van der Waals surface area contributed by atoms with Crippen molar-refractivity contribution in [3.8, 4) is 0 Å². The fourth-order valence-electron chi connectivity index (χ4n) is 3.24. The summed E-state index contributed by atoms with van der Waals surface area (Å²) in [4.78, 5) is 45.7. The van der Waals surface area contributed by atoms with Crippen LogP contribution in [0.4, 0.5) is 5.69 Å². The highest BCUT2D eigenvalue weighted by atomic mass is 16.2. The number of imidazole rings is 1. The van der Waals surface area contributed by atoms with Crippen molar-refractivity contribution in [3.63, 3.8) is 0 Å². The van der Waals surface area contributed by atoms with Crippen LogP contribution in [-0.2, 0) is 11.3 Å². The van der Waals surface area contributed by atoms with Crippen LogP contribution in [0.2, 0.25) is 0 Å². The summed E-state index contributed by atoms with van der Waals surface area (Å²) in [5.41, 5.74) is 3.20. The number of para-hydroxylation sites is 1. The molecule has 1 amide bonds. The molecule has 2 heterocycles. The lowest BCUT2D eigenvalue weighted by Crippen LogP contribution is -2.22. The van der Waals surface area contributed by atoms with Gasteiger partial charge in [-0.05, 0) is 43.2 Å². The summed E-state index contributed by atoms with van der Waals surface area (Å²) < 4.78 is 1.53. The maximum atomic E-state index is 12.6. The van der Waals surface area contributed by atoms with Crippen LogP contribution >= 0.6 is 0 Å². The third kappa shape index (κ3) is 3.44. The summed E-state index contributed by atoms with van der Waals surface area (Å²) in [6, 6.07) is 10.7. The molecule has 8 nitrogen and oxygen atoms in total. The minimum atomic E-state index is -0.289. The van der Waals surface area contributed by atoms with E-state index in [4.69, 9.17) is 0 Å². The van der Waals surface area contributed by atoms with Gasteiger partial charge in [0.05, 0.1) is 28.3 Å². The van der Waals surface area contributed by atoms with E-state index in [2.05, 4.69) is 20.3 Å². The Morgan fingerprint density at radius 2 is 1.96 bits per heavy atom. The molecule has 0 aliphatic rings. The Morgan fingerprint density at radius 1 is 1.14 bits per heavy atom. The Kier molecular flexibility index (Phi) is 4.52. The van der Waals surface area contributed by atoms with Crippen molar-refractivity contribution in [1.82, 2.24) is 19.5 Å². The van der Waals surface area contributed by atoms with Crippen LogP contribution in [0.5, 0.6) is 0 Å². The van der Waals surface area contributed by atoms with E-state index < -0.39 is 0 Å². The van der Waals surface area contributed by atoms with Crippen molar-refractivity contribution < 1.29 is 4.79 Å². The van der Waals surface area contributed by atoms with Crippen LogP contribution in [0.1, 0.15) is 18.4 Å². The molecule has 0 atom stereocenters. The molecule has 0 fully saturated rings. The largest absolute Gasteiger partial charge is 0.326 e. The van der Waals surface area contributed by atoms with E-state index in [1.54, 1.807) is 24.3 Å². The molecule has 4 aromatic rings. The SMILES string of the molecule is Cc1cccc2c(=O)n(CCCC(=O)Nc3ccc4[nH]c(=O)[nH]c4c3)cnc12. The number of anilines is 1. The van der Waals surface area contributed by atoms with Crippen molar-refractivity contribution in [3.05, 3.63) is 69.1 Å². The van der Waals surface area contributed by atoms with Gasteiger partial charge >= 0.3 is 5.69 Å². The first-order chi connectivity index (χ1) is 13.5. The first-order valence-electron chi connectivity index (χ1n) is 8.98. The number of benzene rings is 2. The predicted octanol–water partition coefficient (Wildman–Crippen LogP) is 2.29. The molecular formula is C20H19N5O3. The monoisotopic (exact) mass is 377 g/mol. The number of rotatable bonds is 5. The number of hydrogen-bond acceptors (Lipinski definition) is 4. The van der Waals surface area contributed by atoms with Crippen molar-refractivity contribution >= 4 is 33.5 Å². The van der Waals surface area contributed by atoms with Crippen molar-refractivity contribution in [1.29, 1.82) is 0 Å². The van der Waals surface area contributed by atoms with Gasteiger partial charge in [-0.1, -0.05) is 12.1 Å². The second-order valence-electron chi connectivity index (χ2n) is 6.71. The van der Waals surface area contributed by atoms with Crippen molar-refractivity contribution in [2.24, 2.45) is 0 Å². The van der Waals surface area contributed by atoms with Gasteiger partial charge in [0.25, 0.3) is 5.56 Å². The number of amides is 1. The van der Waals surface area contributed by atoms with Gasteiger partial charge in [-0.3, -0.25) is 14.2 Å². The highest BCUT2D eigenvalue weighted by molar-refractivity contribution is 5.92. The Hall–Kier alpha value is -3.68. The molecule has 0 aliphatic heterocycles. The van der Waals surface area contributed by atoms with Gasteiger partial charge in [-0.15, -0.1) is 0 Å². The molecule has 0 saturated carbocycles. The number of nitrogens with one attached hydrogen (secondary N) is 3. The second-order valence-corrected chi connectivity index (χ2v) is 6.71. The maximum absolute atomic E-state index is 12.6. The molecule has 0 aliphatic carbocycles. The quantitative estimate of drug-likeness (QED) is 0.495. The van der Waals surface area contributed by atoms with Crippen molar-refractivity contribution in [2.75, 3.05) is 5.32 Å². The van der Waals surface area contributed by atoms with E-state index in [0.29, 0.717) is 40.6 Å². The zero-order valence-corrected chi connectivity index (χ0v) is 15.3. The number of aryl methyl sites for hydroxylation is 2. The van der Waals surface area contributed by atoms with Gasteiger partial charge in [0, 0.05) is 18.7 Å². The number of H-pyrrole nitrogens is 2. The molecule has 0 bridgehead atoms. The van der Waals surface area contributed by atoms with E-state index in [9.17, 15) is 14.4 Å². The molecule has 8 heteroatoms. The molecule has 3 N–H and O–H groups in total. The van der Waals surface area contributed by atoms with Gasteiger partial charge in [0.1, 0.15) is 0 Å². The van der Waals surface area contributed by atoms with E-state index in [1.165, 1.54) is 10.9 Å². The third-order valence-electron chi connectivity index (χ3n) is 4.66. The highest BCUT2D eigenvalue weighted by Crippen LogP contribution is 2.15. The van der Waals surface area contributed by atoms with Gasteiger partial charge in [0.15, 0.2) is 0 Å². The Labute approximate surface area is 159 Å². The fraction of sp³-hybridized carbons (Fsp3) is 0.200. The molecule has 142 valence electrons. The smallest absolute Gasteiger partial charge is 0.323 e. The number of carbonyl (C=O) groups is 1. The first-order valence-corrected chi connectivity index (χ1v) is 8.98. The lowest BCUT2D eigenvalue weighted by molar-refractivity contribution is -0.116. The molecule has 0 saturated heterocycles. The van der Waals surface area contributed by atoms with Crippen LogP contribution in [0.3, 0.4) is 0 Å². The number of hydrogen-bond donors (Lipinski definition) is 3. The molecule has 2 aromatic carbocycles. The Balaban J connectivity index is 1.40. The van der Waals surface area contributed by atoms with Gasteiger partial charge in [-0.25, -0.2) is 9.78 Å². The number of aromatic nitrogens is 4. The van der Waals surface area contributed by atoms with Gasteiger partial charge in [-0.2, -0.15) is 0 Å². The van der Waals surface area contributed by atoms with Gasteiger partial charge in [0.2, 0.25) is 5.91 Å². The fourth-order valence-corrected chi connectivity index (χ4v) is 3.24. The lowest BCUT2D eigenvalue weighted by atomic mass is 10.1. The van der Waals surface area contributed by atoms with Crippen LogP contribution in [0.15, 0.2) is 52.3 Å². The van der Waals surface area contributed by atoms with Crippen LogP contribution < -0.4 is 16.6 Å². The minimum Gasteiger partial charge on any atom is -0.326 e. The third-order valence-corrected chi connectivity index (χ3v) is 4.66. The van der Waals surface area contributed by atoms with E-state index in [0.717, 1.165) is 5.56 Å². The standard InChI is InChI=1S/C20H19N5O3/c1-12-4-2-5-14-18(12)21-11-25(19(14)27)9-3-6-17(26)22-13-7-8-15-16(10-13)24-20(28)23-15/h2,4-5,7-8,10-11H,3,6,9H2,1H3,(H,22,26)(H2,23,24,28). The summed E-state index contributed by atoms with van der Waals surface area (Å²) in [5, 5.41) is 3.39. The lowest BCUT2D eigenvalue weighted by Gasteiger charge is -2.08. The Bertz CT molecular complexity index is 1300. The highest BCUT2D eigenvalue weighted by Gasteiger charge is 2.08. The molecule has 28 heavy (non-hydrogen) atoms. The summed E-state index contributed by atoms with van der Waals surface area (Å²) in [5.74, 6) is -0.158. The number of fused-ring (bicyclic) bond motifs is 2. The average molecular weight is 377 g/mol. The molecule has 0 spiro atoms. The predicted molar refractivity (Wildman–Crippen MR) is 108 cm³/mol. The van der Waals surface area contributed by atoms with E-state index in [-0.39, 0.29) is 23.6 Å². The zero-order chi connectivity index (χ0) is 19.7. The van der Waals surface area contributed by atoms with Crippen LogP contribution in [0, 0.1) is 6.92 Å². The molecule has 4 rings (SSSR count). The summed E-state index contributed by atoms with van der Waals surface area (Å²) in [6.45, 7) is 2.33. The van der Waals surface area contributed by atoms with E-state index >= 15 is 0 Å². The van der Waals surface area contributed by atoms with E-state index in [1.807, 2.05) is 19.1 Å². The topological polar surface area (TPSA) is 113 Å². The molecule has 0 radical (unpaired) electrons. The number of carbonyl (C=O) groups excluding carboxylic acids is 1. The number of nitrogens with zero attached hydrogens (tertiary/aromatic N) is 2. The zero-order valence-electron chi connectivity index (χ0n) is 15.3. The van der Waals surface area contributed by atoms with Crippen molar-refractivity contribution in [2.45, 2.75) is 26.3 Å². The minimum absolute atomic E-state index is 0.101. The maximum Gasteiger partial charge on any atom is 0.323 e. The molecular weight excluding hydrogens is 358 g/mol. The van der Waals surface area contributed by atoms with Gasteiger partial charge < -0.3 is 15.3 Å². The number of aromatic amines is 2. The normalized spacial score (nSPS) is 11.2. The Morgan fingerprint density at radius 3 is 2.82 bits per heavy atom. The second kappa shape index (κ2) is 7.15. The summed E-state index contributed by atoms with van der Waals surface area (Å²) in [6.07, 6.45) is 2.31. The summed E-state index contributed by atoms with van der Waals surface area (Å²) in [7, 11) is 0.